The topological polar surface area (TPSA) is 78.8 Å². The van der Waals surface area contributed by atoms with Crippen LogP contribution in [0.2, 0.25) is 0 Å². The Labute approximate surface area is 179 Å². The maximum Gasteiger partial charge on any atom is 0.262 e. The highest BCUT2D eigenvalue weighted by Crippen LogP contribution is 2.19. The van der Waals surface area contributed by atoms with Crippen LogP contribution in [0.3, 0.4) is 0 Å². The van der Waals surface area contributed by atoms with E-state index in [-0.39, 0.29) is 17.5 Å². The molecule has 0 saturated carbocycles. The monoisotopic (exact) mass is 433 g/mol. The predicted molar refractivity (Wildman–Crippen MR) is 117 cm³/mol. The third kappa shape index (κ3) is 4.52. The molecule has 1 aromatic heterocycles. The van der Waals surface area contributed by atoms with Crippen LogP contribution in [-0.2, 0) is 17.1 Å². The van der Waals surface area contributed by atoms with E-state index < -0.39 is 10.0 Å². The molecule has 2 aromatic rings. The molecule has 0 atom stereocenters. The quantitative estimate of drug-likeness (QED) is 0.697. The molecule has 0 bridgehead atoms. The zero-order valence-corrected chi connectivity index (χ0v) is 19.0. The highest BCUT2D eigenvalue weighted by molar-refractivity contribution is 7.89. The Morgan fingerprint density at radius 1 is 1.07 bits per heavy atom. The Morgan fingerprint density at radius 3 is 2.30 bits per heavy atom. The Balaban J connectivity index is 1.69. The minimum atomic E-state index is -3.66. The van der Waals surface area contributed by atoms with Crippen LogP contribution < -0.4 is 4.90 Å². The molecule has 1 aliphatic rings. The standard InChI is InChI=1S/C21H31N5O3S/c1-5-24(6-2)19-10-8-18(9-11-19)21(27)25-12-7-13-26(15-14-25)30(28,29)20-16-23(4)17(3)22-20/h8-11,16H,5-7,12-15H2,1-4H3. The van der Waals surface area contributed by atoms with Gasteiger partial charge in [-0.3, -0.25) is 4.79 Å². The molecule has 0 spiro atoms. The number of carbonyl (C=O) groups excluding carboxylic acids is 1. The molecule has 1 fully saturated rings. The van der Waals surface area contributed by atoms with Gasteiger partial charge in [0, 0.05) is 63.8 Å². The van der Waals surface area contributed by atoms with Gasteiger partial charge in [0.1, 0.15) is 5.82 Å². The number of anilines is 1. The molecule has 1 saturated heterocycles. The minimum absolute atomic E-state index is 0.0611. The first-order valence-corrected chi connectivity index (χ1v) is 11.9. The first kappa shape index (κ1) is 22.3. The second kappa shape index (κ2) is 9.18. The van der Waals surface area contributed by atoms with Crippen LogP contribution in [0, 0.1) is 6.92 Å². The van der Waals surface area contributed by atoms with Crippen molar-refractivity contribution in [1.82, 2.24) is 18.8 Å². The number of nitrogens with zero attached hydrogens (tertiary/aromatic N) is 5. The van der Waals surface area contributed by atoms with E-state index in [4.69, 9.17) is 0 Å². The number of rotatable bonds is 6. The molecule has 164 valence electrons. The average Bonchev–Trinajstić information content (AvgIpc) is 2.94. The van der Waals surface area contributed by atoms with Crippen LogP contribution in [0.1, 0.15) is 36.5 Å². The molecule has 0 N–H and O–H groups in total. The van der Waals surface area contributed by atoms with Crippen molar-refractivity contribution < 1.29 is 13.2 Å². The second-order valence-corrected chi connectivity index (χ2v) is 9.39. The molecule has 8 nitrogen and oxygen atoms in total. The number of amides is 1. The zero-order chi connectivity index (χ0) is 21.9. The van der Waals surface area contributed by atoms with Gasteiger partial charge in [-0.15, -0.1) is 0 Å². The number of hydrogen-bond acceptors (Lipinski definition) is 5. The first-order chi connectivity index (χ1) is 14.3. The molecule has 30 heavy (non-hydrogen) atoms. The van der Waals surface area contributed by atoms with Crippen LogP contribution in [0.4, 0.5) is 5.69 Å². The zero-order valence-electron chi connectivity index (χ0n) is 18.2. The predicted octanol–water partition coefficient (Wildman–Crippen LogP) is 2.11. The Morgan fingerprint density at radius 2 is 1.73 bits per heavy atom. The summed E-state index contributed by atoms with van der Waals surface area (Å²) in [6, 6.07) is 7.65. The number of sulfonamides is 1. The fourth-order valence-corrected chi connectivity index (χ4v) is 5.20. The summed E-state index contributed by atoms with van der Waals surface area (Å²) in [4.78, 5) is 21.1. The Hall–Kier alpha value is -2.39. The lowest BCUT2D eigenvalue weighted by Crippen LogP contribution is -2.37. The fraction of sp³-hybridized carbons (Fsp3) is 0.524. The van der Waals surface area contributed by atoms with Crippen molar-refractivity contribution >= 4 is 21.6 Å². The van der Waals surface area contributed by atoms with Crippen LogP contribution in [0.15, 0.2) is 35.5 Å². The van der Waals surface area contributed by atoms with Gasteiger partial charge in [0.25, 0.3) is 15.9 Å². The Bertz CT molecular complexity index is 961. The molecule has 3 rings (SSSR count). The van der Waals surface area contributed by atoms with E-state index in [0.717, 1.165) is 18.8 Å². The fourth-order valence-electron chi connectivity index (χ4n) is 3.71. The number of carbonyl (C=O) groups is 1. The van der Waals surface area contributed by atoms with Gasteiger partial charge in [0.15, 0.2) is 5.03 Å². The summed E-state index contributed by atoms with van der Waals surface area (Å²) in [5.74, 6) is 0.586. The van der Waals surface area contributed by atoms with E-state index in [1.807, 2.05) is 24.3 Å². The largest absolute Gasteiger partial charge is 0.372 e. The first-order valence-electron chi connectivity index (χ1n) is 10.4. The molecule has 0 unspecified atom stereocenters. The maximum atomic E-state index is 13.0. The summed E-state index contributed by atoms with van der Waals surface area (Å²) < 4.78 is 29.0. The maximum absolute atomic E-state index is 13.0. The summed E-state index contributed by atoms with van der Waals surface area (Å²) in [6.07, 6.45) is 2.13. The number of hydrogen-bond donors (Lipinski definition) is 0. The second-order valence-electron chi connectivity index (χ2n) is 7.51. The van der Waals surface area contributed by atoms with Gasteiger partial charge in [0.05, 0.1) is 0 Å². The summed E-state index contributed by atoms with van der Waals surface area (Å²) in [7, 11) is -1.89. The minimum Gasteiger partial charge on any atom is -0.372 e. The smallest absolute Gasteiger partial charge is 0.262 e. The third-order valence-electron chi connectivity index (χ3n) is 5.68. The molecule has 9 heteroatoms. The van der Waals surface area contributed by atoms with Gasteiger partial charge in [0.2, 0.25) is 0 Å². The van der Waals surface area contributed by atoms with E-state index in [2.05, 4.69) is 23.7 Å². The van der Waals surface area contributed by atoms with E-state index in [1.54, 1.807) is 23.4 Å². The lowest BCUT2D eigenvalue weighted by Gasteiger charge is -2.23. The lowest BCUT2D eigenvalue weighted by molar-refractivity contribution is 0.0764. The van der Waals surface area contributed by atoms with Crippen molar-refractivity contribution in [3.63, 3.8) is 0 Å². The molecule has 1 aliphatic heterocycles. The number of benzene rings is 1. The molecule has 1 aromatic carbocycles. The Kier molecular flexibility index (Phi) is 6.82. The lowest BCUT2D eigenvalue weighted by atomic mass is 10.1. The van der Waals surface area contributed by atoms with Gasteiger partial charge < -0.3 is 14.4 Å². The molecule has 1 amide bonds. The highest BCUT2D eigenvalue weighted by atomic mass is 32.2. The van der Waals surface area contributed by atoms with Gasteiger partial charge >= 0.3 is 0 Å². The van der Waals surface area contributed by atoms with Crippen molar-refractivity contribution in [1.29, 1.82) is 0 Å². The van der Waals surface area contributed by atoms with Crippen LogP contribution in [-0.4, -0.2) is 72.3 Å². The van der Waals surface area contributed by atoms with Gasteiger partial charge in [-0.1, -0.05) is 0 Å². The van der Waals surface area contributed by atoms with Crippen molar-refractivity contribution in [3.8, 4) is 0 Å². The molecule has 2 heterocycles. The SMILES string of the molecule is CCN(CC)c1ccc(C(=O)N2CCCN(S(=O)(=O)c3cn(C)c(C)n3)CC2)cc1. The highest BCUT2D eigenvalue weighted by Gasteiger charge is 2.30. The van der Waals surface area contributed by atoms with E-state index in [1.165, 1.54) is 10.5 Å². The van der Waals surface area contributed by atoms with Crippen molar-refractivity contribution in [2.24, 2.45) is 7.05 Å². The molecule has 0 radical (unpaired) electrons. The number of aryl methyl sites for hydroxylation is 2. The van der Waals surface area contributed by atoms with Crippen LogP contribution >= 0.6 is 0 Å². The third-order valence-corrected chi connectivity index (χ3v) is 7.45. The summed E-state index contributed by atoms with van der Waals surface area (Å²) in [5.41, 5.74) is 1.72. The van der Waals surface area contributed by atoms with Crippen LogP contribution in [0.25, 0.3) is 0 Å². The molecular formula is C21H31N5O3S. The number of aromatic nitrogens is 2. The van der Waals surface area contributed by atoms with Crippen LogP contribution in [0.5, 0.6) is 0 Å². The van der Waals surface area contributed by atoms with Gasteiger partial charge in [-0.25, -0.2) is 13.4 Å². The normalized spacial score (nSPS) is 15.8. The molecule has 0 aliphatic carbocycles. The van der Waals surface area contributed by atoms with E-state index >= 15 is 0 Å². The van der Waals surface area contributed by atoms with E-state index in [9.17, 15) is 13.2 Å². The summed E-state index contributed by atoms with van der Waals surface area (Å²) in [6.45, 7) is 9.34. The summed E-state index contributed by atoms with van der Waals surface area (Å²) in [5, 5.41) is 0.0641. The van der Waals surface area contributed by atoms with E-state index in [0.29, 0.717) is 37.4 Å². The summed E-state index contributed by atoms with van der Waals surface area (Å²) >= 11 is 0. The number of imidazole rings is 1. The van der Waals surface area contributed by atoms with Gasteiger partial charge in [-0.2, -0.15) is 4.31 Å². The van der Waals surface area contributed by atoms with Crippen molar-refractivity contribution in [3.05, 3.63) is 41.9 Å². The average molecular weight is 434 g/mol. The molecular weight excluding hydrogens is 402 g/mol. The van der Waals surface area contributed by atoms with Crippen molar-refractivity contribution in [2.45, 2.75) is 32.2 Å². The van der Waals surface area contributed by atoms with Crippen molar-refractivity contribution in [2.75, 3.05) is 44.2 Å². The van der Waals surface area contributed by atoms with Gasteiger partial charge in [-0.05, 0) is 51.5 Å².